The lowest BCUT2D eigenvalue weighted by Gasteiger charge is -2.11. The number of nitrogen functional groups attached to an aromatic ring is 1. The van der Waals surface area contributed by atoms with Gasteiger partial charge in [-0.1, -0.05) is 0 Å². The standard InChI is InChI=1S/C15H20N6O/c1-21-9-12(8-20-21)11-4-13(14(16)18-7-11)15(22)19-6-10-2-3-17-5-10/h4,7-10,17H,2-3,5-6H2,1H3,(H2,16,18)(H,19,22)/t10-/m1/s1. The molecule has 0 aliphatic carbocycles. The second kappa shape index (κ2) is 6.15. The SMILES string of the molecule is Cn1cc(-c2cnc(N)c(C(=O)NC[C@@H]3CCNC3)c2)cn1. The number of hydrogen-bond donors (Lipinski definition) is 3. The fourth-order valence-corrected chi connectivity index (χ4v) is 2.61. The summed E-state index contributed by atoms with van der Waals surface area (Å²) in [5, 5.41) is 10.4. The van der Waals surface area contributed by atoms with Crippen LogP contribution in [0.25, 0.3) is 11.1 Å². The normalized spacial score (nSPS) is 17.6. The van der Waals surface area contributed by atoms with Crippen molar-refractivity contribution in [2.75, 3.05) is 25.4 Å². The molecule has 116 valence electrons. The maximum atomic E-state index is 12.3. The molecule has 1 aliphatic heterocycles. The van der Waals surface area contributed by atoms with Crippen molar-refractivity contribution in [2.45, 2.75) is 6.42 Å². The maximum Gasteiger partial charge on any atom is 0.255 e. The summed E-state index contributed by atoms with van der Waals surface area (Å²) in [7, 11) is 1.84. The van der Waals surface area contributed by atoms with Crippen molar-refractivity contribution < 1.29 is 4.79 Å². The first kappa shape index (κ1) is 14.5. The lowest BCUT2D eigenvalue weighted by atomic mass is 10.1. The number of amides is 1. The third-order valence-electron chi connectivity index (χ3n) is 3.92. The van der Waals surface area contributed by atoms with Gasteiger partial charge in [0.1, 0.15) is 5.82 Å². The Hall–Kier alpha value is -2.41. The summed E-state index contributed by atoms with van der Waals surface area (Å²) in [6, 6.07) is 1.77. The number of rotatable bonds is 4. The van der Waals surface area contributed by atoms with E-state index in [1.165, 1.54) is 0 Å². The first-order valence-corrected chi connectivity index (χ1v) is 7.37. The first-order chi connectivity index (χ1) is 10.6. The summed E-state index contributed by atoms with van der Waals surface area (Å²) in [6.07, 6.45) is 6.35. The Morgan fingerprint density at radius 1 is 1.50 bits per heavy atom. The van der Waals surface area contributed by atoms with Gasteiger partial charge < -0.3 is 16.4 Å². The van der Waals surface area contributed by atoms with E-state index < -0.39 is 0 Å². The Morgan fingerprint density at radius 3 is 3.05 bits per heavy atom. The van der Waals surface area contributed by atoms with Crippen LogP contribution in [-0.2, 0) is 7.05 Å². The molecule has 1 atom stereocenters. The van der Waals surface area contributed by atoms with E-state index in [9.17, 15) is 4.79 Å². The van der Waals surface area contributed by atoms with E-state index >= 15 is 0 Å². The number of nitrogens with zero attached hydrogens (tertiary/aromatic N) is 3. The summed E-state index contributed by atoms with van der Waals surface area (Å²) in [5.74, 6) is 0.553. The van der Waals surface area contributed by atoms with E-state index in [4.69, 9.17) is 5.73 Å². The molecule has 1 amide bonds. The molecule has 2 aromatic heterocycles. The van der Waals surface area contributed by atoms with Crippen molar-refractivity contribution in [3.8, 4) is 11.1 Å². The molecular formula is C15H20N6O. The van der Waals surface area contributed by atoms with Crippen LogP contribution in [0.3, 0.4) is 0 Å². The molecule has 1 fully saturated rings. The minimum atomic E-state index is -0.178. The van der Waals surface area contributed by atoms with Gasteiger partial charge in [0.05, 0.1) is 11.8 Å². The van der Waals surface area contributed by atoms with Crippen LogP contribution >= 0.6 is 0 Å². The quantitative estimate of drug-likeness (QED) is 0.759. The molecule has 1 aliphatic rings. The molecule has 7 heteroatoms. The van der Waals surface area contributed by atoms with Crippen LogP contribution in [0.15, 0.2) is 24.7 Å². The van der Waals surface area contributed by atoms with Crippen molar-refractivity contribution in [2.24, 2.45) is 13.0 Å². The highest BCUT2D eigenvalue weighted by atomic mass is 16.1. The third kappa shape index (κ3) is 3.09. The molecule has 0 aromatic carbocycles. The largest absolute Gasteiger partial charge is 0.383 e. The molecule has 0 saturated carbocycles. The first-order valence-electron chi connectivity index (χ1n) is 7.37. The maximum absolute atomic E-state index is 12.3. The number of hydrogen-bond acceptors (Lipinski definition) is 5. The second-order valence-corrected chi connectivity index (χ2v) is 5.63. The number of pyridine rings is 1. The van der Waals surface area contributed by atoms with Gasteiger partial charge >= 0.3 is 0 Å². The van der Waals surface area contributed by atoms with Crippen molar-refractivity contribution in [1.82, 2.24) is 25.4 Å². The molecular weight excluding hydrogens is 280 g/mol. The van der Waals surface area contributed by atoms with Gasteiger partial charge in [0, 0.05) is 37.1 Å². The molecule has 7 nitrogen and oxygen atoms in total. The monoisotopic (exact) mass is 300 g/mol. The molecule has 0 radical (unpaired) electrons. The summed E-state index contributed by atoms with van der Waals surface area (Å²) in [4.78, 5) is 16.5. The number of aryl methyl sites for hydroxylation is 1. The average Bonchev–Trinajstić information content (AvgIpc) is 3.17. The molecule has 0 unspecified atom stereocenters. The van der Waals surface area contributed by atoms with Crippen LogP contribution in [0.1, 0.15) is 16.8 Å². The van der Waals surface area contributed by atoms with E-state index in [1.807, 2.05) is 13.2 Å². The van der Waals surface area contributed by atoms with Gasteiger partial charge in [-0.2, -0.15) is 5.10 Å². The van der Waals surface area contributed by atoms with Gasteiger partial charge in [0.25, 0.3) is 5.91 Å². The minimum Gasteiger partial charge on any atom is -0.383 e. The third-order valence-corrected chi connectivity index (χ3v) is 3.92. The topological polar surface area (TPSA) is 97.9 Å². The van der Waals surface area contributed by atoms with Crippen molar-refractivity contribution >= 4 is 11.7 Å². The van der Waals surface area contributed by atoms with Crippen LogP contribution in [0.2, 0.25) is 0 Å². The average molecular weight is 300 g/mol. The summed E-state index contributed by atoms with van der Waals surface area (Å²) in [6.45, 7) is 2.62. The predicted molar refractivity (Wildman–Crippen MR) is 84.2 cm³/mol. The number of nitrogens with two attached hydrogens (primary N) is 1. The molecule has 3 rings (SSSR count). The van der Waals surface area contributed by atoms with Crippen molar-refractivity contribution in [1.29, 1.82) is 0 Å². The zero-order valence-electron chi connectivity index (χ0n) is 12.5. The van der Waals surface area contributed by atoms with E-state index in [2.05, 4.69) is 20.7 Å². The minimum absolute atomic E-state index is 0.178. The smallest absolute Gasteiger partial charge is 0.255 e. The van der Waals surface area contributed by atoms with Crippen LogP contribution in [0.5, 0.6) is 0 Å². The highest BCUT2D eigenvalue weighted by Gasteiger charge is 2.17. The molecule has 0 spiro atoms. The highest BCUT2D eigenvalue weighted by Crippen LogP contribution is 2.21. The second-order valence-electron chi connectivity index (χ2n) is 5.63. The Kier molecular flexibility index (Phi) is 4.06. The molecule has 0 bridgehead atoms. The fraction of sp³-hybridized carbons (Fsp3) is 0.400. The van der Waals surface area contributed by atoms with Crippen LogP contribution < -0.4 is 16.4 Å². The van der Waals surface area contributed by atoms with E-state index in [0.717, 1.165) is 30.6 Å². The Morgan fingerprint density at radius 2 is 2.36 bits per heavy atom. The molecule has 2 aromatic rings. The van der Waals surface area contributed by atoms with Gasteiger partial charge in [-0.25, -0.2) is 4.98 Å². The molecule has 22 heavy (non-hydrogen) atoms. The predicted octanol–water partition coefficient (Wildman–Crippen LogP) is 0.404. The highest BCUT2D eigenvalue weighted by molar-refractivity contribution is 5.99. The zero-order valence-corrected chi connectivity index (χ0v) is 12.5. The van der Waals surface area contributed by atoms with Gasteiger partial charge in [-0.15, -0.1) is 0 Å². The Bertz CT molecular complexity index is 674. The number of carbonyl (C=O) groups excluding carboxylic acids is 1. The van der Waals surface area contributed by atoms with Crippen molar-refractivity contribution in [3.05, 3.63) is 30.2 Å². The van der Waals surface area contributed by atoms with E-state index in [-0.39, 0.29) is 11.7 Å². The van der Waals surface area contributed by atoms with E-state index in [0.29, 0.717) is 18.0 Å². The van der Waals surface area contributed by atoms with E-state index in [1.54, 1.807) is 23.1 Å². The number of aromatic nitrogens is 3. The summed E-state index contributed by atoms with van der Waals surface area (Å²) in [5.41, 5.74) is 8.00. The fourth-order valence-electron chi connectivity index (χ4n) is 2.61. The number of anilines is 1. The van der Waals surface area contributed by atoms with Gasteiger partial charge in [0.2, 0.25) is 0 Å². The van der Waals surface area contributed by atoms with Crippen molar-refractivity contribution in [3.63, 3.8) is 0 Å². The number of carbonyl (C=O) groups is 1. The molecule has 4 N–H and O–H groups in total. The van der Waals surface area contributed by atoms with Gasteiger partial charge in [-0.3, -0.25) is 9.48 Å². The lowest BCUT2D eigenvalue weighted by Crippen LogP contribution is -2.30. The molecule has 3 heterocycles. The Balaban J connectivity index is 1.75. The van der Waals surface area contributed by atoms with Gasteiger partial charge in [0.15, 0.2) is 0 Å². The summed E-state index contributed by atoms with van der Waals surface area (Å²) >= 11 is 0. The van der Waals surface area contributed by atoms with Gasteiger partial charge in [-0.05, 0) is 31.5 Å². The van der Waals surface area contributed by atoms with Crippen LogP contribution in [-0.4, -0.2) is 40.3 Å². The number of nitrogens with one attached hydrogen (secondary N) is 2. The lowest BCUT2D eigenvalue weighted by molar-refractivity contribution is 0.0949. The zero-order chi connectivity index (χ0) is 15.5. The molecule has 1 saturated heterocycles. The Labute approximate surface area is 128 Å². The van der Waals surface area contributed by atoms with Crippen LogP contribution in [0.4, 0.5) is 5.82 Å². The summed E-state index contributed by atoms with van der Waals surface area (Å²) < 4.78 is 1.71. The van der Waals surface area contributed by atoms with Crippen LogP contribution in [0, 0.1) is 5.92 Å².